The number of carbonyl (C=O) groups excluding carboxylic acids is 2. The van der Waals surface area contributed by atoms with Crippen molar-refractivity contribution in [1.82, 2.24) is 0 Å². The number of halogens is 1. The SMILES string of the molecule is CCCCCCCCCCCCOc1ccc(C(=O)Oc2ccc(C(=O)OCC(F)CCCCCC)cc2)cc1. The predicted octanol–water partition coefficient (Wildman–Crippen LogP) is 9.67. The highest BCUT2D eigenvalue weighted by molar-refractivity contribution is 5.92. The number of hydrogen-bond acceptors (Lipinski definition) is 5. The first kappa shape index (κ1) is 33.3. The lowest BCUT2D eigenvalue weighted by Crippen LogP contribution is -2.15. The molecule has 0 aromatic heterocycles. The second-order valence-electron chi connectivity index (χ2n) is 10.5. The molecule has 0 bridgehead atoms. The maximum Gasteiger partial charge on any atom is 0.343 e. The van der Waals surface area contributed by atoms with Crippen LogP contribution in [0.15, 0.2) is 48.5 Å². The van der Waals surface area contributed by atoms with Crippen LogP contribution in [0.1, 0.15) is 131 Å². The van der Waals surface area contributed by atoms with Gasteiger partial charge in [-0.05, 0) is 61.4 Å². The normalized spacial score (nSPS) is 11.7. The molecule has 2 rings (SSSR count). The monoisotopic (exact) mass is 556 g/mol. The summed E-state index contributed by atoms with van der Waals surface area (Å²) in [5, 5.41) is 0. The highest BCUT2D eigenvalue weighted by Gasteiger charge is 2.14. The predicted molar refractivity (Wildman–Crippen MR) is 159 cm³/mol. The minimum atomic E-state index is -1.16. The van der Waals surface area contributed by atoms with Gasteiger partial charge in [-0.1, -0.05) is 97.3 Å². The van der Waals surface area contributed by atoms with E-state index < -0.39 is 18.1 Å². The standard InChI is InChI=1S/C34H49FO5/c1-3-5-7-9-10-11-12-13-14-16-26-38-31-22-18-29(19-23-31)34(37)40-32-24-20-28(21-25-32)33(36)39-27-30(35)17-15-8-6-4-2/h18-25,30H,3-17,26-27H2,1-2H3. The maximum absolute atomic E-state index is 13.9. The van der Waals surface area contributed by atoms with E-state index in [2.05, 4.69) is 13.8 Å². The van der Waals surface area contributed by atoms with Crippen molar-refractivity contribution in [1.29, 1.82) is 0 Å². The summed E-state index contributed by atoms with van der Waals surface area (Å²) in [5.74, 6) is -0.0589. The molecule has 0 aliphatic heterocycles. The highest BCUT2D eigenvalue weighted by atomic mass is 19.1. The lowest BCUT2D eigenvalue weighted by Gasteiger charge is -2.10. The summed E-state index contributed by atoms with van der Waals surface area (Å²) >= 11 is 0. The third-order valence-electron chi connectivity index (χ3n) is 6.92. The van der Waals surface area contributed by atoms with Gasteiger partial charge in [0.1, 0.15) is 24.3 Å². The van der Waals surface area contributed by atoms with Crippen LogP contribution in [0.25, 0.3) is 0 Å². The summed E-state index contributed by atoms with van der Waals surface area (Å²) in [5.41, 5.74) is 0.685. The van der Waals surface area contributed by atoms with Crippen LogP contribution in [0.4, 0.5) is 4.39 Å². The fraction of sp³-hybridized carbons (Fsp3) is 0.588. The van der Waals surface area contributed by atoms with Crippen LogP contribution < -0.4 is 9.47 Å². The molecule has 0 heterocycles. The van der Waals surface area contributed by atoms with Crippen molar-refractivity contribution in [3.05, 3.63) is 59.7 Å². The molecule has 0 fully saturated rings. The molecule has 0 amide bonds. The number of hydrogen-bond donors (Lipinski definition) is 0. The molecule has 2 aromatic carbocycles. The van der Waals surface area contributed by atoms with Gasteiger partial charge in [0.05, 0.1) is 17.7 Å². The molecule has 0 aliphatic carbocycles. The van der Waals surface area contributed by atoms with Gasteiger partial charge in [-0.25, -0.2) is 14.0 Å². The fourth-order valence-corrected chi connectivity index (χ4v) is 4.42. The van der Waals surface area contributed by atoms with E-state index in [4.69, 9.17) is 14.2 Å². The minimum absolute atomic E-state index is 0.249. The zero-order valence-electron chi connectivity index (χ0n) is 24.6. The molecule has 6 heteroatoms. The van der Waals surface area contributed by atoms with Crippen molar-refractivity contribution in [3.8, 4) is 11.5 Å². The van der Waals surface area contributed by atoms with E-state index in [-0.39, 0.29) is 12.2 Å². The first-order valence-corrected chi connectivity index (χ1v) is 15.4. The molecule has 0 spiro atoms. The number of rotatable bonds is 22. The molecular weight excluding hydrogens is 507 g/mol. The molecule has 0 saturated carbocycles. The summed E-state index contributed by atoms with van der Waals surface area (Å²) < 4.78 is 30.2. The second-order valence-corrected chi connectivity index (χ2v) is 10.5. The number of alkyl halides is 1. The fourth-order valence-electron chi connectivity index (χ4n) is 4.42. The number of carbonyl (C=O) groups is 2. The Morgan fingerprint density at radius 2 is 1.10 bits per heavy atom. The Hall–Kier alpha value is -2.89. The quantitative estimate of drug-likeness (QED) is 0.0821. The van der Waals surface area contributed by atoms with Gasteiger partial charge in [-0.3, -0.25) is 0 Å². The summed E-state index contributed by atoms with van der Waals surface area (Å²) in [6.45, 7) is 4.77. The molecule has 2 aromatic rings. The summed E-state index contributed by atoms with van der Waals surface area (Å²) in [4.78, 5) is 24.7. The molecule has 0 radical (unpaired) electrons. The minimum Gasteiger partial charge on any atom is -0.494 e. The molecule has 5 nitrogen and oxygen atoms in total. The van der Waals surface area contributed by atoms with Gasteiger partial charge in [-0.15, -0.1) is 0 Å². The Morgan fingerprint density at radius 3 is 1.68 bits per heavy atom. The number of unbranched alkanes of at least 4 members (excludes halogenated alkanes) is 12. The Balaban J connectivity index is 1.63. The van der Waals surface area contributed by atoms with Crippen molar-refractivity contribution in [2.24, 2.45) is 0 Å². The topological polar surface area (TPSA) is 61.8 Å². The smallest absolute Gasteiger partial charge is 0.343 e. The molecule has 0 saturated heterocycles. The first-order valence-electron chi connectivity index (χ1n) is 15.4. The van der Waals surface area contributed by atoms with E-state index >= 15 is 0 Å². The van der Waals surface area contributed by atoms with Gasteiger partial charge in [0, 0.05) is 0 Å². The maximum atomic E-state index is 13.9. The molecular formula is C34H49FO5. The third kappa shape index (κ3) is 14.5. The van der Waals surface area contributed by atoms with Gasteiger partial charge in [0.2, 0.25) is 0 Å². The van der Waals surface area contributed by atoms with Crippen LogP contribution in [-0.4, -0.2) is 31.3 Å². The number of ether oxygens (including phenoxy) is 3. The summed E-state index contributed by atoms with van der Waals surface area (Å²) in [7, 11) is 0. The zero-order valence-corrected chi connectivity index (χ0v) is 24.6. The van der Waals surface area contributed by atoms with Crippen LogP contribution in [-0.2, 0) is 4.74 Å². The van der Waals surface area contributed by atoms with Gasteiger partial charge in [0.25, 0.3) is 0 Å². The lowest BCUT2D eigenvalue weighted by molar-refractivity contribution is 0.0389. The van der Waals surface area contributed by atoms with Gasteiger partial charge < -0.3 is 14.2 Å². The van der Waals surface area contributed by atoms with Gasteiger partial charge in [0.15, 0.2) is 0 Å². The summed E-state index contributed by atoms with van der Waals surface area (Å²) in [6, 6.07) is 13.0. The largest absolute Gasteiger partial charge is 0.494 e. The molecule has 0 aliphatic rings. The highest BCUT2D eigenvalue weighted by Crippen LogP contribution is 2.18. The Bertz CT molecular complexity index is 942. The first-order chi connectivity index (χ1) is 19.5. The van der Waals surface area contributed by atoms with Gasteiger partial charge >= 0.3 is 11.9 Å². The molecule has 1 unspecified atom stereocenters. The number of esters is 2. The van der Waals surface area contributed by atoms with Crippen molar-refractivity contribution in [2.45, 2.75) is 116 Å². The van der Waals surface area contributed by atoms with Crippen molar-refractivity contribution in [3.63, 3.8) is 0 Å². The van der Waals surface area contributed by atoms with Crippen LogP contribution in [0, 0.1) is 0 Å². The zero-order chi connectivity index (χ0) is 28.8. The van der Waals surface area contributed by atoms with Crippen molar-refractivity contribution < 1.29 is 28.2 Å². The van der Waals surface area contributed by atoms with E-state index in [0.29, 0.717) is 24.3 Å². The lowest BCUT2D eigenvalue weighted by atomic mass is 10.1. The summed E-state index contributed by atoms with van der Waals surface area (Å²) in [6.07, 6.45) is 16.0. The molecule has 1 atom stereocenters. The third-order valence-corrected chi connectivity index (χ3v) is 6.92. The Labute approximate surface area is 240 Å². The second kappa shape index (κ2) is 20.9. The van der Waals surface area contributed by atoms with Crippen LogP contribution in [0.2, 0.25) is 0 Å². The number of benzene rings is 2. The van der Waals surface area contributed by atoms with E-state index in [9.17, 15) is 14.0 Å². The Morgan fingerprint density at radius 1 is 0.625 bits per heavy atom. The van der Waals surface area contributed by atoms with E-state index in [1.165, 1.54) is 82.1 Å². The van der Waals surface area contributed by atoms with Crippen LogP contribution >= 0.6 is 0 Å². The van der Waals surface area contributed by atoms with Crippen LogP contribution in [0.5, 0.6) is 11.5 Å². The van der Waals surface area contributed by atoms with E-state index in [1.54, 1.807) is 24.3 Å². The van der Waals surface area contributed by atoms with Crippen molar-refractivity contribution >= 4 is 11.9 Å². The molecule has 0 N–H and O–H groups in total. The average molecular weight is 557 g/mol. The van der Waals surface area contributed by atoms with E-state index in [1.807, 2.05) is 0 Å². The molecule has 40 heavy (non-hydrogen) atoms. The van der Waals surface area contributed by atoms with Crippen molar-refractivity contribution in [2.75, 3.05) is 13.2 Å². The average Bonchev–Trinajstić information content (AvgIpc) is 2.97. The van der Waals surface area contributed by atoms with E-state index in [0.717, 1.165) is 37.9 Å². The Kier molecular flexibility index (Phi) is 17.4. The molecule has 222 valence electrons. The van der Waals surface area contributed by atoms with Crippen LogP contribution in [0.3, 0.4) is 0 Å². The van der Waals surface area contributed by atoms with Gasteiger partial charge in [-0.2, -0.15) is 0 Å².